The molecule has 115 valence electrons. The van der Waals surface area contributed by atoms with Gasteiger partial charge in [0.05, 0.1) is 34.4 Å². The van der Waals surface area contributed by atoms with Gasteiger partial charge < -0.3 is 13.5 Å². The molecule has 1 radical (unpaired) electrons. The lowest BCUT2D eigenvalue weighted by atomic mass is 9.90. The molecule has 0 saturated carbocycles. The van der Waals surface area contributed by atoms with Gasteiger partial charge in [-0.2, -0.15) is 5.11 Å². The van der Waals surface area contributed by atoms with Crippen LogP contribution in [0.25, 0.3) is 0 Å². The van der Waals surface area contributed by atoms with Crippen molar-refractivity contribution in [3.8, 4) is 0 Å². The molecule has 0 spiro atoms. The normalized spacial score (nSPS) is 17.3. The van der Waals surface area contributed by atoms with Gasteiger partial charge in [0.2, 0.25) is 6.23 Å². The first-order valence-corrected chi connectivity index (χ1v) is 8.37. The van der Waals surface area contributed by atoms with Gasteiger partial charge in [-0.3, -0.25) is 4.57 Å². The molecule has 2 unspecified atom stereocenters. The summed E-state index contributed by atoms with van der Waals surface area (Å²) >= 11 is 0. The van der Waals surface area contributed by atoms with Crippen molar-refractivity contribution in [3.05, 3.63) is 0 Å². The van der Waals surface area contributed by atoms with Crippen molar-refractivity contribution >= 4 is 7.60 Å². The Labute approximate surface area is 118 Å². The van der Waals surface area contributed by atoms with Crippen LogP contribution in [0.2, 0.25) is 0 Å². The molecule has 0 saturated heterocycles. The molecule has 19 heavy (non-hydrogen) atoms. The van der Waals surface area contributed by atoms with E-state index in [0.29, 0.717) is 0 Å². The fraction of sp³-hybridized carbons (Fsp3) is 1.00. The van der Waals surface area contributed by atoms with Crippen LogP contribution in [0.1, 0.15) is 34.6 Å². The molecular weight excluding hydrogens is 265 g/mol. The number of quaternary nitrogens is 1. The molecule has 0 aliphatic heterocycles. The summed E-state index contributed by atoms with van der Waals surface area (Å²) in [4.78, 5) is 0. The fourth-order valence-corrected chi connectivity index (χ4v) is 4.82. The molecule has 0 N–H and O–H groups in total. The Hall–Kier alpha value is 0.0700. The van der Waals surface area contributed by atoms with Gasteiger partial charge in [-0.05, 0) is 19.3 Å². The van der Waals surface area contributed by atoms with Crippen molar-refractivity contribution in [2.24, 2.45) is 5.41 Å². The van der Waals surface area contributed by atoms with E-state index in [0.717, 1.165) is 0 Å². The Balaban J connectivity index is 5.64. The molecule has 0 aliphatic carbocycles. The zero-order chi connectivity index (χ0) is 15.5. The van der Waals surface area contributed by atoms with E-state index in [1.54, 1.807) is 35.0 Å². The summed E-state index contributed by atoms with van der Waals surface area (Å²) in [5.74, 6) is 0. The van der Waals surface area contributed by atoms with E-state index in [1.807, 2.05) is 20.8 Å². The second-order valence-electron chi connectivity index (χ2n) is 6.69. The summed E-state index contributed by atoms with van der Waals surface area (Å²) in [5.41, 5.74) is -1.16. The standard InChI is InChI=1S/C13H30NO4P/c1-9-17-19(16,18-10-2)11(13(3,4)5)12(15)14(6,7)8/h11-12H,9-10H2,1-8H3/q+1. The molecule has 0 aromatic rings. The maximum atomic E-state index is 13.0. The molecule has 0 amide bonds. The Kier molecular flexibility index (Phi) is 6.71. The van der Waals surface area contributed by atoms with E-state index < -0.39 is 24.9 Å². The highest BCUT2D eigenvalue weighted by molar-refractivity contribution is 7.54. The predicted molar refractivity (Wildman–Crippen MR) is 76.6 cm³/mol. The maximum absolute atomic E-state index is 13.0. The van der Waals surface area contributed by atoms with Crippen LogP contribution in [-0.2, 0) is 18.7 Å². The van der Waals surface area contributed by atoms with Crippen molar-refractivity contribution in [1.29, 1.82) is 0 Å². The van der Waals surface area contributed by atoms with Gasteiger partial charge in [-0.15, -0.1) is 0 Å². The van der Waals surface area contributed by atoms with E-state index in [9.17, 15) is 9.67 Å². The van der Waals surface area contributed by atoms with Gasteiger partial charge in [0, 0.05) is 0 Å². The summed E-state index contributed by atoms with van der Waals surface area (Å²) < 4.78 is 24.0. The molecular formula is C13H30NO4P+. The van der Waals surface area contributed by atoms with Crippen LogP contribution in [0, 0.1) is 5.41 Å². The number of hydrogen-bond acceptors (Lipinski definition) is 3. The smallest absolute Gasteiger partial charge is 0.308 e. The minimum atomic E-state index is -3.43. The minimum Gasteiger partial charge on any atom is -0.308 e. The third-order valence-corrected chi connectivity index (χ3v) is 5.83. The van der Waals surface area contributed by atoms with Gasteiger partial charge >= 0.3 is 7.60 Å². The summed E-state index contributed by atoms with van der Waals surface area (Å²) in [5, 5.41) is 12.7. The topological polar surface area (TPSA) is 55.4 Å². The zero-order valence-electron chi connectivity index (χ0n) is 13.6. The lowest BCUT2D eigenvalue weighted by molar-refractivity contribution is -0.923. The first kappa shape index (κ1) is 19.1. The molecule has 2 atom stereocenters. The van der Waals surface area contributed by atoms with Gasteiger partial charge in [0.25, 0.3) is 0 Å². The van der Waals surface area contributed by atoms with Crippen molar-refractivity contribution in [2.45, 2.75) is 46.5 Å². The second kappa shape index (κ2) is 6.68. The summed E-state index contributed by atoms with van der Waals surface area (Å²) in [6.07, 6.45) is -1.08. The zero-order valence-corrected chi connectivity index (χ0v) is 14.5. The number of nitrogens with zero attached hydrogens (tertiary/aromatic N) is 1. The van der Waals surface area contributed by atoms with Crippen LogP contribution in [0.5, 0.6) is 0 Å². The van der Waals surface area contributed by atoms with Crippen molar-refractivity contribution in [2.75, 3.05) is 34.4 Å². The van der Waals surface area contributed by atoms with Gasteiger partial charge in [0.15, 0.2) is 0 Å². The van der Waals surface area contributed by atoms with E-state index in [-0.39, 0.29) is 17.7 Å². The fourth-order valence-electron chi connectivity index (χ4n) is 2.04. The highest BCUT2D eigenvalue weighted by Crippen LogP contribution is 2.60. The maximum Gasteiger partial charge on any atom is 0.343 e. The Morgan fingerprint density at radius 2 is 1.42 bits per heavy atom. The van der Waals surface area contributed by atoms with E-state index in [1.165, 1.54) is 0 Å². The van der Waals surface area contributed by atoms with Crippen molar-refractivity contribution < 1.29 is 23.2 Å². The van der Waals surface area contributed by atoms with E-state index in [2.05, 4.69) is 0 Å². The predicted octanol–water partition coefficient (Wildman–Crippen LogP) is 3.13. The third kappa shape index (κ3) is 5.16. The highest BCUT2D eigenvalue weighted by Gasteiger charge is 2.53. The Bertz CT molecular complexity index is 310. The van der Waals surface area contributed by atoms with Crippen LogP contribution in [-0.4, -0.2) is 50.7 Å². The number of rotatable bonds is 7. The lowest BCUT2D eigenvalue weighted by Gasteiger charge is -2.41. The molecule has 0 rings (SSSR count). The Morgan fingerprint density at radius 3 is 1.63 bits per heavy atom. The summed E-state index contributed by atoms with van der Waals surface area (Å²) in [7, 11) is 1.98. The van der Waals surface area contributed by atoms with Gasteiger partial charge in [0.1, 0.15) is 5.66 Å². The quantitative estimate of drug-likeness (QED) is 0.412. The lowest BCUT2D eigenvalue weighted by Crippen LogP contribution is -2.54. The molecule has 0 heterocycles. The minimum absolute atomic E-state index is 0.173. The number of hydrogen-bond donors (Lipinski definition) is 0. The molecule has 0 fully saturated rings. The van der Waals surface area contributed by atoms with E-state index >= 15 is 0 Å². The Morgan fingerprint density at radius 1 is 1.05 bits per heavy atom. The largest absolute Gasteiger partial charge is 0.343 e. The molecule has 0 bridgehead atoms. The van der Waals surface area contributed by atoms with Crippen LogP contribution in [0.3, 0.4) is 0 Å². The second-order valence-corrected chi connectivity index (χ2v) is 8.85. The van der Waals surface area contributed by atoms with Crippen LogP contribution >= 0.6 is 7.60 Å². The molecule has 5 nitrogen and oxygen atoms in total. The molecule has 0 aromatic carbocycles. The van der Waals surface area contributed by atoms with Gasteiger partial charge in [-0.25, -0.2) is 0 Å². The van der Waals surface area contributed by atoms with E-state index in [4.69, 9.17) is 9.05 Å². The van der Waals surface area contributed by atoms with Crippen molar-refractivity contribution in [3.63, 3.8) is 0 Å². The van der Waals surface area contributed by atoms with Crippen molar-refractivity contribution in [1.82, 2.24) is 0 Å². The highest BCUT2D eigenvalue weighted by atomic mass is 31.2. The molecule has 0 aromatic heterocycles. The first-order valence-electron chi connectivity index (χ1n) is 6.76. The monoisotopic (exact) mass is 295 g/mol. The first-order chi connectivity index (χ1) is 8.40. The third-order valence-electron chi connectivity index (χ3n) is 2.88. The summed E-state index contributed by atoms with van der Waals surface area (Å²) in [6.45, 7) is 9.78. The molecule has 0 aliphatic rings. The molecule has 6 heteroatoms. The average molecular weight is 295 g/mol. The van der Waals surface area contributed by atoms with Crippen LogP contribution in [0.4, 0.5) is 0 Å². The van der Waals surface area contributed by atoms with Gasteiger partial charge in [-0.1, -0.05) is 20.8 Å². The van der Waals surface area contributed by atoms with Crippen LogP contribution < -0.4 is 0 Å². The van der Waals surface area contributed by atoms with Crippen LogP contribution in [0.15, 0.2) is 0 Å². The summed E-state index contributed by atoms with van der Waals surface area (Å²) in [6, 6.07) is 0. The SMILES string of the molecule is CCOP(=O)(OCC)C(C([O])[N+](C)(C)C)C(C)(C)C. The average Bonchev–Trinajstić information content (AvgIpc) is 2.13.